The number of aliphatic hydroxyl groups excluding tert-OH is 1. The topological polar surface area (TPSA) is 72.4 Å². The van der Waals surface area contributed by atoms with Crippen LogP contribution in [0.5, 0.6) is 23.0 Å². The van der Waals surface area contributed by atoms with E-state index >= 15 is 0 Å². The van der Waals surface area contributed by atoms with E-state index in [9.17, 15) is 13.2 Å². The molecule has 3 aromatic carbocycles. The van der Waals surface area contributed by atoms with Crippen molar-refractivity contribution in [3.05, 3.63) is 83.0 Å². The van der Waals surface area contributed by atoms with E-state index in [1.54, 1.807) is 42.5 Å². The van der Waals surface area contributed by atoms with E-state index in [1.165, 1.54) is 26.4 Å². The highest BCUT2D eigenvalue weighted by atomic mass is 35.5. The first-order chi connectivity index (χ1) is 18.6. The minimum absolute atomic E-state index is 0.0979. The monoisotopic (exact) mass is 564 g/mol. The molecule has 208 valence electrons. The minimum atomic E-state index is -4.81. The fourth-order valence-electron chi connectivity index (χ4n) is 4.46. The van der Waals surface area contributed by atoms with Gasteiger partial charge in [-0.3, -0.25) is 0 Å². The van der Waals surface area contributed by atoms with Crippen molar-refractivity contribution in [1.82, 2.24) is 0 Å². The number of hydrogen-bond acceptors (Lipinski definition) is 7. The average molecular weight is 565 g/mol. The quantitative estimate of drug-likeness (QED) is 0.281. The maximum Gasteiger partial charge on any atom is 0.573 e. The molecule has 7 nitrogen and oxygen atoms in total. The van der Waals surface area contributed by atoms with Gasteiger partial charge in [0, 0.05) is 58.5 Å². The van der Waals surface area contributed by atoms with E-state index in [0.29, 0.717) is 57.9 Å². The zero-order valence-electron chi connectivity index (χ0n) is 21.3. The van der Waals surface area contributed by atoms with Crippen LogP contribution < -0.4 is 29.2 Å². The lowest BCUT2D eigenvalue weighted by Gasteiger charge is -2.31. The molecule has 39 heavy (non-hydrogen) atoms. The van der Waals surface area contributed by atoms with Gasteiger partial charge in [0.15, 0.2) is 0 Å². The van der Waals surface area contributed by atoms with Crippen molar-refractivity contribution < 1.29 is 37.2 Å². The number of benzene rings is 3. The highest BCUT2D eigenvalue weighted by Gasteiger charge is 2.33. The van der Waals surface area contributed by atoms with Gasteiger partial charge in [0.25, 0.3) is 0 Å². The maximum atomic E-state index is 12.9. The van der Waals surface area contributed by atoms with Crippen molar-refractivity contribution >= 4 is 23.0 Å². The Morgan fingerprint density at radius 2 is 1.82 bits per heavy atom. The number of anilines is 2. The van der Waals surface area contributed by atoms with E-state index in [2.05, 4.69) is 16.6 Å². The number of nitrogens with zero attached hydrogens (tertiary/aromatic N) is 1. The molecule has 1 unspecified atom stereocenters. The summed E-state index contributed by atoms with van der Waals surface area (Å²) in [5, 5.41) is 13.1. The number of fused-ring (bicyclic) bond motifs is 1. The third kappa shape index (κ3) is 6.82. The molecule has 11 heteroatoms. The molecule has 0 bridgehead atoms. The van der Waals surface area contributed by atoms with E-state index in [0.717, 1.165) is 5.56 Å². The van der Waals surface area contributed by atoms with Gasteiger partial charge in [0.05, 0.1) is 26.9 Å². The van der Waals surface area contributed by atoms with E-state index in [-0.39, 0.29) is 19.0 Å². The zero-order chi connectivity index (χ0) is 28.2. The van der Waals surface area contributed by atoms with Crippen LogP contribution in [0.15, 0.2) is 66.9 Å². The first kappa shape index (κ1) is 28.3. The fraction of sp³-hybridized carbons (Fsp3) is 0.286. The molecule has 0 fully saturated rings. The first-order valence-corrected chi connectivity index (χ1v) is 12.4. The van der Waals surface area contributed by atoms with E-state index < -0.39 is 12.4 Å². The highest BCUT2D eigenvalue weighted by Crippen LogP contribution is 2.42. The Morgan fingerprint density at radius 1 is 1.05 bits per heavy atom. The Morgan fingerprint density at radius 3 is 2.51 bits per heavy atom. The Labute approximate surface area is 229 Å². The summed E-state index contributed by atoms with van der Waals surface area (Å²) in [6, 6.07) is 14.1. The van der Waals surface area contributed by atoms with Gasteiger partial charge in [-0.2, -0.15) is 0 Å². The largest absolute Gasteiger partial charge is 0.573 e. The first-order valence-electron chi connectivity index (χ1n) is 12.0. The highest BCUT2D eigenvalue weighted by molar-refractivity contribution is 6.30. The number of nitrogens with one attached hydrogen (secondary N) is 1. The molecule has 1 heterocycles. The van der Waals surface area contributed by atoms with Crippen LogP contribution in [0.4, 0.5) is 24.5 Å². The molecule has 2 N–H and O–H groups in total. The SMILES string of the molecule is C=C(C(Nc1cc(OC)cc(OCCO)c1)c1ccc(Cl)cc1OC)N1CCc2ccc(OC(F)(F)F)cc21. The minimum Gasteiger partial charge on any atom is -0.497 e. The van der Waals surface area contributed by atoms with Gasteiger partial charge in [-0.1, -0.05) is 30.3 Å². The lowest BCUT2D eigenvalue weighted by Crippen LogP contribution is -2.28. The lowest BCUT2D eigenvalue weighted by molar-refractivity contribution is -0.274. The Balaban J connectivity index is 1.75. The molecule has 0 aliphatic carbocycles. The van der Waals surface area contributed by atoms with Crippen LogP contribution in [0.2, 0.25) is 5.02 Å². The predicted molar refractivity (Wildman–Crippen MR) is 143 cm³/mol. The van der Waals surface area contributed by atoms with Gasteiger partial charge in [-0.25, -0.2) is 0 Å². The second kappa shape index (κ2) is 12.0. The molecule has 0 spiro atoms. The lowest BCUT2D eigenvalue weighted by atomic mass is 10.0. The van der Waals surface area contributed by atoms with Gasteiger partial charge in [-0.05, 0) is 30.2 Å². The Bertz CT molecular complexity index is 1340. The van der Waals surface area contributed by atoms with Crippen molar-refractivity contribution in [2.24, 2.45) is 0 Å². The molecular weight excluding hydrogens is 537 g/mol. The summed E-state index contributed by atoms with van der Waals surface area (Å²) < 4.78 is 59.5. The van der Waals surface area contributed by atoms with Gasteiger partial charge < -0.3 is 34.3 Å². The van der Waals surface area contributed by atoms with Crippen molar-refractivity contribution in [1.29, 1.82) is 0 Å². The van der Waals surface area contributed by atoms with E-state index in [4.69, 9.17) is 30.9 Å². The third-order valence-corrected chi connectivity index (χ3v) is 6.39. The second-order valence-corrected chi connectivity index (χ2v) is 9.10. The van der Waals surface area contributed by atoms with Gasteiger partial charge in [0.1, 0.15) is 29.6 Å². The molecule has 3 aromatic rings. The van der Waals surface area contributed by atoms with Gasteiger partial charge in [-0.15, -0.1) is 13.2 Å². The average Bonchev–Trinajstić information content (AvgIpc) is 3.32. The number of hydrogen-bond donors (Lipinski definition) is 2. The standard InChI is InChI=1S/C28H28ClF3N2O5/c1-17(34-9-8-18-4-6-21(16-25(18)34)39-28(30,31)32)27(24-7-5-19(29)12-26(24)37-3)33-20-13-22(36-2)15-23(14-20)38-11-10-35/h4-7,12-16,27,33,35H,1,8-11H2,2-3H3. The van der Waals surface area contributed by atoms with Crippen molar-refractivity contribution in [2.45, 2.75) is 18.8 Å². The van der Waals surface area contributed by atoms with Gasteiger partial charge >= 0.3 is 6.36 Å². The van der Waals surface area contributed by atoms with Crippen LogP contribution in [0.25, 0.3) is 0 Å². The molecule has 0 saturated heterocycles. The summed E-state index contributed by atoms with van der Waals surface area (Å²) in [6.07, 6.45) is -4.19. The number of aliphatic hydroxyl groups is 1. The summed E-state index contributed by atoms with van der Waals surface area (Å²) >= 11 is 6.22. The Kier molecular flexibility index (Phi) is 8.66. The zero-order valence-corrected chi connectivity index (χ0v) is 22.1. The van der Waals surface area contributed by atoms with Crippen LogP contribution in [0.3, 0.4) is 0 Å². The smallest absolute Gasteiger partial charge is 0.497 e. The van der Waals surface area contributed by atoms with E-state index in [1.807, 2.05) is 4.90 Å². The van der Waals surface area contributed by atoms with Crippen LogP contribution in [-0.4, -0.2) is 45.4 Å². The molecule has 0 saturated carbocycles. The van der Waals surface area contributed by atoms with Gasteiger partial charge in [0.2, 0.25) is 0 Å². The maximum absolute atomic E-state index is 12.9. The molecule has 4 rings (SSSR count). The molecular formula is C28H28ClF3N2O5. The third-order valence-electron chi connectivity index (χ3n) is 6.16. The molecule has 1 aliphatic rings. The van der Waals surface area contributed by atoms with Crippen LogP contribution in [0.1, 0.15) is 17.2 Å². The molecule has 1 atom stereocenters. The summed E-state index contributed by atoms with van der Waals surface area (Å²) in [4.78, 5) is 1.85. The number of methoxy groups -OCH3 is 2. The van der Waals surface area contributed by atoms with Crippen LogP contribution in [0, 0.1) is 0 Å². The number of halogens is 4. The molecule has 1 aliphatic heterocycles. The van der Waals surface area contributed by atoms with Crippen molar-refractivity contribution in [3.63, 3.8) is 0 Å². The fourth-order valence-corrected chi connectivity index (χ4v) is 4.62. The predicted octanol–water partition coefficient (Wildman–Crippen LogP) is 6.36. The summed E-state index contributed by atoms with van der Waals surface area (Å²) in [5.74, 6) is 1.17. The molecule has 0 aromatic heterocycles. The van der Waals surface area contributed by atoms with Crippen LogP contribution >= 0.6 is 11.6 Å². The summed E-state index contributed by atoms with van der Waals surface area (Å²) in [5.41, 5.74) is 3.30. The van der Waals surface area contributed by atoms with Crippen LogP contribution in [-0.2, 0) is 6.42 Å². The number of ether oxygens (including phenoxy) is 4. The summed E-state index contributed by atoms with van der Waals surface area (Å²) in [7, 11) is 3.04. The Hall–Kier alpha value is -3.76. The second-order valence-electron chi connectivity index (χ2n) is 8.66. The molecule has 0 amide bonds. The number of rotatable bonds is 11. The van der Waals surface area contributed by atoms with Crippen molar-refractivity contribution in [2.75, 3.05) is 44.2 Å². The normalized spacial score (nSPS) is 13.5. The molecule has 0 radical (unpaired) electrons. The van der Waals surface area contributed by atoms with Crippen molar-refractivity contribution in [3.8, 4) is 23.0 Å². The number of alkyl halides is 3. The summed E-state index contributed by atoms with van der Waals surface area (Å²) in [6.45, 7) is 4.78.